The zero-order valence-electron chi connectivity index (χ0n) is 23.3. The number of carbonyl (C=O) groups excluding carboxylic acids is 1. The van der Waals surface area contributed by atoms with Gasteiger partial charge in [-0.3, -0.25) is 9.59 Å². The van der Waals surface area contributed by atoms with Crippen LogP contribution in [-0.4, -0.2) is 33.7 Å². The standard InChI is InChI=1S/C31H43NO4/c1-10-31(11-2,25-14-15-26(21(4)19-25)27(33)32-22(5)28(34)35)24-13-12-23(20(3)18-24)16-17-30(9,36)29(6,7)8/h12-19,22,36H,10-11H2,1-9H3,(H,32,33)(H,34,35)/b17-16+. The fourth-order valence-corrected chi connectivity index (χ4v) is 4.45. The number of nitrogens with one attached hydrogen (secondary N) is 1. The average Bonchev–Trinajstić information content (AvgIpc) is 2.78. The summed E-state index contributed by atoms with van der Waals surface area (Å²) in [6.07, 6.45) is 5.65. The smallest absolute Gasteiger partial charge is 0.325 e. The van der Waals surface area contributed by atoms with E-state index in [-0.39, 0.29) is 16.7 Å². The van der Waals surface area contributed by atoms with Crippen LogP contribution in [0.5, 0.6) is 0 Å². The Morgan fingerprint density at radius 2 is 1.47 bits per heavy atom. The van der Waals surface area contributed by atoms with Gasteiger partial charge in [-0.2, -0.15) is 0 Å². The summed E-state index contributed by atoms with van der Waals surface area (Å²) in [6.45, 7) is 17.7. The van der Waals surface area contributed by atoms with E-state index < -0.39 is 17.6 Å². The number of amides is 1. The number of carboxylic acids is 1. The van der Waals surface area contributed by atoms with Crippen molar-refractivity contribution in [2.45, 2.75) is 92.2 Å². The van der Waals surface area contributed by atoms with E-state index in [1.54, 1.807) is 6.07 Å². The third-order valence-electron chi connectivity index (χ3n) is 7.88. The van der Waals surface area contributed by atoms with Gasteiger partial charge in [0, 0.05) is 11.0 Å². The van der Waals surface area contributed by atoms with Crippen LogP contribution < -0.4 is 5.32 Å². The molecule has 0 bridgehead atoms. The molecule has 0 aliphatic heterocycles. The van der Waals surface area contributed by atoms with E-state index in [0.717, 1.165) is 35.1 Å². The lowest BCUT2D eigenvalue weighted by atomic mass is 9.69. The summed E-state index contributed by atoms with van der Waals surface area (Å²) in [7, 11) is 0. The lowest BCUT2D eigenvalue weighted by Gasteiger charge is -2.35. The van der Waals surface area contributed by atoms with Crippen molar-refractivity contribution in [3.63, 3.8) is 0 Å². The fraction of sp³-hybridized carbons (Fsp3) is 0.484. The van der Waals surface area contributed by atoms with Crippen molar-refractivity contribution in [3.05, 3.63) is 75.9 Å². The molecule has 2 rings (SSSR count). The lowest BCUT2D eigenvalue weighted by Crippen LogP contribution is -2.38. The van der Waals surface area contributed by atoms with Gasteiger partial charge in [-0.05, 0) is 79.8 Å². The largest absolute Gasteiger partial charge is 0.480 e. The van der Waals surface area contributed by atoms with Crippen molar-refractivity contribution in [1.29, 1.82) is 0 Å². The Morgan fingerprint density at radius 1 is 0.944 bits per heavy atom. The Kier molecular flexibility index (Phi) is 8.96. The molecule has 0 aliphatic carbocycles. The molecule has 2 aromatic rings. The molecule has 0 saturated heterocycles. The van der Waals surface area contributed by atoms with Crippen LogP contribution in [0.15, 0.2) is 42.5 Å². The molecule has 0 heterocycles. The average molecular weight is 494 g/mol. The van der Waals surface area contributed by atoms with E-state index in [9.17, 15) is 14.7 Å². The molecule has 36 heavy (non-hydrogen) atoms. The van der Waals surface area contributed by atoms with Gasteiger partial charge in [-0.15, -0.1) is 0 Å². The van der Waals surface area contributed by atoms with E-state index in [4.69, 9.17) is 5.11 Å². The normalized spacial score (nSPS) is 14.9. The molecule has 5 heteroatoms. The van der Waals surface area contributed by atoms with Gasteiger partial charge in [0.1, 0.15) is 6.04 Å². The number of hydrogen-bond acceptors (Lipinski definition) is 3. The van der Waals surface area contributed by atoms with Crippen molar-refractivity contribution in [3.8, 4) is 0 Å². The van der Waals surface area contributed by atoms with Gasteiger partial charge in [-0.25, -0.2) is 0 Å². The molecular formula is C31H43NO4. The number of aliphatic hydroxyl groups is 1. The van der Waals surface area contributed by atoms with E-state index in [0.29, 0.717) is 5.56 Å². The first-order chi connectivity index (χ1) is 16.6. The van der Waals surface area contributed by atoms with Gasteiger partial charge in [-0.1, -0.05) is 77.1 Å². The van der Waals surface area contributed by atoms with Crippen LogP contribution in [0, 0.1) is 19.3 Å². The highest BCUT2D eigenvalue weighted by Gasteiger charge is 2.33. The Bertz CT molecular complexity index is 1130. The van der Waals surface area contributed by atoms with E-state index in [1.165, 1.54) is 12.5 Å². The summed E-state index contributed by atoms with van der Waals surface area (Å²) in [6, 6.07) is 11.4. The minimum atomic E-state index is -1.07. The van der Waals surface area contributed by atoms with Crippen LogP contribution in [0.4, 0.5) is 0 Å². The second kappa shape index (κ2) is 11.0. The summed E-state index contributed by atoms with van der Waals surface area (Å²) >= 11 is 0. The molecule has 0 aliphatic rings. The van der Waals surface area contributed by atoms with Gasteiger partial charge in [0.05, 0.1) is 5.60 Å². The zero-order chi connectivity index (χ0) is 27.5. The molecule has 2 unspecified atom stereocenters. The van der Waals surface area contributed by atoms with Crippen molar-refractivity contribution < 1.29 is 19.8 Å². The van der Waals surface area contributed by atoms with Gasteiger partial charge < -0.3 is 15.5 Å². The Labute approximate surface area is 216 Å². The first kappa shape index (κ1) is 29.3. The van der Waals surface area contributed by atoms with Crippen LogP contribution >= 0.6 is 0 Å². The number of carbonyl (C=O) groups is 2. The number of aliphatic carboxylic acids is 1. The third-order valence-corrected chi connectivity index (χ3v) is 7.88. The lowest BCUT2D eigenvalue weighted by molar-refractivity contribution is -0.138. The molecule has 2 aromatic carbocycles. The van der Waals surface area contributed by atoms with Gasteiger partial charge >= 0.3 is 5.97 Å². The van der Waals surface area contributed by atoms with E-state index >= 15 is 0 Å². The van der Waals surface area contributed by atoms with Crippen molar-refractivity contribution in [2.75, 3.05) is 0 Å². The maximum absolute atomic E-state index is 12.6. The Balaban J connectivity index is 2.45. The first-order valence-electron chi connectivity index (χ1n) is 12.8. The van der Waals surface area contributed by atoms with Crippen LogP contribution in [0.2, 0.25) is 0 Å². The van der Waals surface area contributed by atoms with Crippen LogP contribution in [0.1, 0.15) is 99.5 Å². The molecule has 0 radical (unpaired) electrons. The summed E-state index contributed by atoms with van der Waals surface area (Å²) in [5.41, 5.74) is 4.41. The predicted molar refractivity (Wildman–Crippen MR) is 147 cm³/mol. The summed E-state index contributed by atoms with van der Waals surface area (Å²) in [5, 5.41) is 22.5. The molecule has 2 atom stereocenters. The quantitative estimate of drug-likeness (QED) is 0.376. The number of benzene rings is 2. The van der Waals surface area contributed by atoms with Crippen LogP contribution in [-0.2, 0) is 10.2 Å². The maximum atomic E-state index is 12.6. The monoisotopic (exact) mass is 493 g/mol. The van der Waals surface area contributed by atoms with E-state index in [1.807, 2.05) is 52.8 Å². The highest BCUT2D eigenvalue weighted by Crippen LogP contribution is 2.40. The Hall–Kier alpha value is -2.92. The van der Waals surface area contributed by atoms with Crippen molar-refractivity contribution in [2.24, 2.45) is 5.41 Å². The maximum Gasteiger partial charge on any atom is 0.325 e. The molecule has 3 N–H and O–H groups in total. The topological polar surface area (TPSA) is 86.6 Å². The van der Waals surface area contributed by atoms with Gasteiger partial charge in [0.15, 0.2) is 0 Å². The summed E-state index contributed by atoms with van der Waals surface area (Å²) < 4.78 is 0. The van der Waals surface area contributed by atoms with E-state index in [2.05, 4.69) is 50.4 Å². The molecule has 0 saturated carbocycles. The number of rotatable bonds is 9. The van der Waals surface area contributed by atoms with Gasteiger partial charge in [0.25, 0.3) is 5.91 Å². The minimum Gasteiger partial charge on any atom is -0.480 e. The number of aryl methyl sites for hydroxylation is 2. The highest BCUT2D eigenvalue weighted by atomic mass is 16.4. The minimum absolute atomic E-state index is 0.224. The molecule has 1 amide bonds. The highest BCUT2D eigenvalue weighted by molar-refractivity contribution is 5.97. The predicted octanol–water partition coefficient (Wildman–Crippen LogP) is 6.42. The molecule has 0 spiro atoms. The SMILES string of the molecule is CCC(CC)(c1ccc(/C=C/C(C)(O)C(C)(C)C)c(C)c1)c1ccc(C(=O)NC(C)C(=O)O)c(C)c1. The number of carboxylic acid groups (broad SMARTS) is 1. The first-order valence-corrected chi connectivity index (χ1v) is 12.8. The van der Waals surface area contributed by atoms with Crippen molar-refractivity contribution >= 4 is 18.0 Å². The van der Waals surface area contributed by atoms with Crippen LogP contribution in [0.25, 0.3) is 6.08 Å². The second-order valence-electron chi connectivity index (χ2n) is 11.2. The third kappa shape index (κ3) is 6.07. The molecule has 196 valence electrons. The molecule has 0 fully saturated rings. The van der Waals surface area contributed by atoms with Gasteiger partial charge in [0.2, 0.25) is 0 Å². The molecule has 0 aromatic heterocycles. The second-order valence-corrected chi connectivity index (χ2v) is 11.2. The Morgan fingerprint density at radius 3 is 1.92 bits per heavy atom. The fourth-order valence-electron chi connectivity index (χ4n) is 4.45. The van der Waals surface area contributed by atoms with Crippen molar-refractivity contribution in [1.82, 2.24) is 5.32 Å². The number of hydrogen-bond donors (Lipinski definition) is 3. The molecular weight excluding hydrogens is 450 g/mol. The zero-order valence-corrected chi connectivity index (χ0v) is 23.3. The molecule has 5 nitrogen and oxygen atoms in total. The summed E-state index contributed by atoms with van der Waals surface area (Å²) in [4.78, 5) is 23.8. The van der Waals surface area contributed by atoms with Crippen LogP contribution in [0.3, 0.4) is 0 Å². The summed E-state index contributed by atoms with van der Waals surface area (Å²) in [5.74, 6) is -1.45.